The summed E-state index contributed by atoms with van der Waals surface area (Å²) < 4.78 is 13.6. The number of hydrogen-bond donors (Lipinski definition) is 2. The van der Waals surface area contributed by atoms with Crippen LogP contribution in [0.5, 0.6) is 0 Å². The van der Waals surface area contributed by atoms with Crippen LogP contribution in [0, 0.1) is 23.6 Å². The molecule has 0 spiro atoms. The number of quaternary nitrogens is 1. The number of nitrogens with two attached hydrogens (primary N) is 1. The summed E-state index contributed by atoms with van der Waals surface area (Å²) in [6.45, 7) is 0.403. The summed E-state index contributed by atoms with van der Waals surface area (Å²) in [5.41, 5.74) is 0.577. The zero-order chi connectivity index (χ0) is 15.2. The number of rotatable bonds is 4. The van der Waals surface area contributed by atoms with Crippen LogP contribution in [0.15, 0.2) is 24.3 Å². The van der Waals surface area contributed by atoms with E-state index in [2.05, 4.69) is 10.6 Å². The van der Waals surface area contributed by atoms with E-state index in [1.807, 2.05) is 0 Å². The first-order valence-corrected chi connectivity index (χ1v) is 8.51. The molecule has 4 saturated carbocycles. The van der Waals surface area contributed by atoms with Gasteiger partial charge < -0.3 is 10.6 Å². The van der Waals surface area contributed by atoms with E-state index >= 15 is 0 Å². The Morgan fingerprint density at radius 3 is 2.32 bits per heavy atom. The molecule has 5 rings (SSSR count). The van der Waals surface area contributed by atoms with Crippen molar-refractivity contribution in [3.63, 3.8) is 0 Å². The molecule has 1 aromatic carbocycles. The van der Waals surface area contributed by atoms with Gasteiger partial charge in [-0.3, -0.25) is 4.79 Å². The zero-order valence-electron chi connectivity index (χ0n) is 12.9. The molecule has 0 atom stereocenters. The first kappa shape index (κ1) is 14.2. The molecule has 0 heterocycles. The van der Waals surface area contributed by atoms with Gasteiger partial charge in [0.2, 0.25) is 0 Å². The Balaban J connectivity index is 1.37. The van der Waals surface area contributed by atoms with Crippen LogP contribution < -0.4 is 10.6 Å². The highest BCUT2D eigenvalue weighted by Crippen LogP contribution is 2.54. The number of benzene rings is 1. The molecule has 1 aromatic rings. The van der Waals surface area contributed by atoms with Crippen molar-refractivity contribution in [3.05, 3.63) is 30.1 Å². The molecule has 118 valence electrons. The molecule has 0 saturated heterocycles. The van der Waals surface area contributed by atoms with Crippen molar-refractivity contribution in [1.29, 1.82) is 0 Å². The molecular formula is C18H24FN2O+. The summed E-state index contributed by atoms with van der Waals surface area (Å²) in [7, 11) is 0. The molecule has 22 heavy (non-hydrogen) atoms. The lowest BCUT2D eigenvalue weighted by Gasteiger charge is -2.54. The molecule has 4 aliphatic carbocycles. The maximum absolute atomic E-state index is 13.6. The van der Waals surface area contributed by atoms with E-state index in [4.69, 9.17) is 0 Å². The standard InChI is InChI=1S/C18H23FN2O/c19-15-3-1-2-4-16(15)21-17(22)11-20-18-8-12-5-13(9-18)7-14(6-12)10-18/h1-4,12-14,20H,5-11H2,(H,21,22)/p+1. The Morgan fingerprint density at radius 2 is 1.73 bits per heavy atom. The average Bonchev–Trinajstić information content (AvgIpc) is 2.46. The van der Waals surface area contributed by atoms with Gasteiger partial charge in [0.05, 0.1) is 11.2 Å². The maximum atomic E-state index is 13.6. The van der Waals surface area contributed by atoms with Crippen LogP contribution in [-0.4, -0.2) is 18.0 Å². The van der Waals surface area contributed by atoms with Crippen LogP contribution in [0.1, 0.15) is 38.5 Å². The quantitative estimate of drug-likeness (QED) is 0.881. The van der Waals surface area contributed by atoms with Gasteiger partial charge in [-0.1, -0.05) is 12.1 Å². The van der Waals surface area contributed by atoms with Crippen molar-refractivity contribution < 1.29 is 14.5 Å². The molecule has 0 radical (unpaired) electrons. The first-order chi connectivity index (χ1) is 10.6. The maximum Gasteiger partial charge on any atom is 0.279 e. The summed E-state index contributed by atoms with van der Waals surface area (Å²) in [4.78, 5) is 12.1. The van der Waals surface area contributed by atoms with E-state index in [1.165, 1.54) is 44.6 Å². The van der Waals surface area contributed by atoms with E-state index in [-0.39, 0.29) is 17.4 Å². The van der Waals surface area contributed by atoms with Crippen LogP contribution >= 0.6 is 0 Å². The zero-order valence-corrected chi connectivity index (χ0v) is 12.9. The predicted molar refractivity (Wildman–Crippen MR) is 82.7 cm³/mol. The van der Waals surface area contributed by atoms with Crippen LogP contribution in [0.4, 0.5) is 10.1 Å². The van der Waals surface area contributed by atoms with Gasteiger partial charge in [0.15, 0.2) is 6.54 Å². The Hall–Kier alpha value is -1.42. The number of anilines is 1. The van der Waals surface area contributed by atoms with Gasteiger partial charge in [0.25, 0.3) is 5.91 Å². The minimum Gasteiger partial charge on any atom is -0.334 e. The van der Waals surface area contributed by atoms with Crippen molar-refractivity contribution in [1.82, 2.24) is 0 Å². The molecule has 4 bridgehead atoms. The number of nitrogens with one attached hydrogen (secondary N) is 1. The fraction of sp³-hybridized carbons (Fsp3) is 0.611. The molecule has 0 aliphatic heterocycles. The number of amides is 1. The highest BCUT2D eigenvalue weighted by atomic mass is 19.1. The number of carbonyl (C=O) groups excluding carboxylic acids is 1. The Kier molecular flexibility index (Phi) is 3.44. The van der Waals surface area contributed by atoms with Gasteiger partial charge in [0, 0.05) is 19.3 Å². The van der Waals surface area contributed by atoms with Crippen LogP contribution in [0.3, 0.4) is 0 Å². The lowest BCUT2D eigenvalue weighted by molar-refractivity contribution is -0.729. The Labute approximate surface area is 130 Å². The third-order valence-corrected chi connectivity index (χ3v) is 5.95. The molecule has 1 amide bonds. The van der Waals surface area contributed by atoms with Gasteiger partial charge in [-0.15, -0.1) is 0 Å². The number of halogens is 1. The van der Waals surface area contributed by atoms with Crippen molar-refractivity contribution in [2.45, 2.75) is 44.1 Å². The minimum atomic E-state index is -0.370. The van der Waals surface area contributed by atoms with E-state index < -0.39 is 0 Å². The fourth-order valence-corrected chi connectivity index (χ4v) is 5.50. The SMILES string of the molecule is O=C(C[NH2+]C12CC3CC(CC(C3)C1)C2)Nc1ccccc1F. The van der Waals surface area contributed by atoms with Gasteiger partial charge in [0.1, 0.15) is 5.82 Å². The number of carbonyl (C=O) groups is 1. The molecule has 0 unspecified atom stereocenters. The summed E-state index contributed by atoms with van der Waals surface area (Å²) in [5.74, 6) is 2.19. The smallest absolute Gasteiger partial charge is 0.279 e. The monoisotopic (exact) mass is 303 g/mol. The molecule has 4 fully saturated rings. The molecule has 3 N–H and O–H groups in total. The van der Waals surface area contributed by atoms with Gasteiger partial charge in [-0.25, -0.2) is 4.39 Å². The highest BCUT2D eigenvalue weighted by molar-refractivity contribution is 5.91. The average molecular weight is 303 g/mol. The largest absolute Gasteiger partial charge is 0.334 e. The second-order valence-electron chi connectivity index (χ2n) is 7.72. The summed E-state index contributed by atoms with van der Waals surface area (Å²) in [6, 6.07) is 6.35. The number of para-hydroxylation sites is 1. The fourth-order valence-electron chi connectivity index (χ4n) is 5.50. The van der Waals surface area contributed by atoms with E-state index in [0.29, 0.717) is 12.1 Å². The van der Waals surface area contributed by atoms with Gasteiger partial charge in [-0.05, 0) is 49.1 Å². The normalized spacial score (nSPS) is 35.6. The highest BCUT2D eigenvalue weighted by Gasteiger charge is 2.53. The first-order valence-electron chi connectivity index (χ1n) is 8.51. The lowest BCUT2D eigenvalue weighted by Crippen LogP contribution is -3.00. The second-order valence-corrected chi connectivity index (χ2v) is 7.72. The van der Waals surface area contributed by atoms with Crippen LogP contribution in [0.2, 0.25) is 0 Å². The van der Waals surface area contributed by atoms with Gasteiger partial charge in [-0.2, -0.15) is 0 Å². The predicted octanol–water partition coefficient (Wildman–Crippen LogP) is 2.30. The van der Waals surface area contributed by atoms with E-state index in [9.17, 15) is 9.18 Å². The van der Waals surface area contributed by atoms with Crippen molar-refractivity contribution >= 4 is 11.6 Å². The summed E-state index contributed by atoms with van der Waals surface area (Å²) >= 11 is 0. The molecular weight excluding hydrogens is 279 g/mol. The van der Waals surface area contributed by atoms with Crippen molar-refractivity contribution in [2.24, 2.45) is 17.8 Å². The Bertz CT molecular complexity index is 551. The van der Waals surface area contributed by atoms with Crippen LogP contribution in [0.25, 0.3) is 0 Å². The van der Waals surface area contributed by atoms with Gasteiger partial charge >= 0.3 is 0 Å². The Morgan fingerprint density at radius 1 is 1.14 bits per heavy atom. The second kappa shape index (κ2) is 5.34. The van der Waals surface area contributed by atoms with Crippen molar-refractivity contribution in [2.75, 3.05) is 11.9 Å². The van der Waals surface area contributed by atoms with Crippen molar-refractivity contribution in [3.8, 4) is 0 Å². The minimum absolute atomic E-state index is 0.0964. The van der Waals surface area contributed by atoms with E-state index in [0.717, 1.165) is 17.8 Å². The third-order valence-electron chi connectivity index (χ3n) is 5.95. The molecule has 0 aromatic heterocycles. The van der Waals surface area contributed by atoms with Crippen LogP contribution in [-0.2, 0) is 4.79 Å². The third kappa shape index (κ3) is 2.65. The lowest BCUT2D eigenvalue weighted by atomic mass is 9.53. The van der Waals surface area contributed by atoms with E-state index in [1.54, 1.807) is 18.2 Å². The summed E-state index contributed by atoms with van der Waals surface area (Å²) in [6.07, 6.45) is 8.04. The topological polar surface area (TPSA) is 45.7 Å². The molecule has 4 heteroatoms. The molecule has 3 nitrogen and oxygen atoms in total. The summed E-state index contributed by atoms with van der Waals surface area (Å²) in [5, 5.41) is 4.96. The number of hydrogen-bond acceptors (Lipinski definition) is 1. The molecule has 4 aliphatic rings.